The molecule has 2 rings (SSSR count). The summed E-state index contributed by atoms with van der Waals surface area (Å²) < 4.78 is 0.491. The smallest absolute Gasteiger partial charge is 0.265 e. The maximum absolute atomic E-state index is 11.1. The van der Waals surface area contributed by atoms with Gasteiger partial charge in [-0.05, 0) is 15.9 Å². The fourth-order valence-corrected chi connectivity index (χ4v) is 1.24. The van der Waals surface area contributed by atoms with Crippen LogP contribution in [0.15, 0.2) is 21.8 Å². The van der Waals surface area contributed by atoms with Gasteiger partial charge in [0.05, 0.1) is 0 Å². The highest BCUT2D eigenvalue weighted by Gasteiger charge is 2.04. The summed E-state index contributed by atoms with van der Waals surface area (Å²) in [6, 6.07) is 0. The zero-order valence-corrected chi connectivity index (χ0v) is 7.37. The van der Waals surface area contributed by atoms with E-state index in [9.17, 15) is 4.79 Å². The molecule has 2 aromatic rings. The minimum atomic E-state index is -0.332. The van der Waals surface area contributed by atoms with Crippen molar-refractivity contribution < 1.29 is 0 Å². The molecule has 2 aromatic heterocycles. The molecule has 0 spiro atoms. The number of aromatic amines is 1. The third-order valence-electron chi connectivity index (χ3n) is 1.36. The van der Waals surface area contributed by atoms with Gasteiger partial charge in [0.2, 0.25) is 0 Å². The highest BCUT2D eigenvalue weighted by molar-refractivity contribution is 9.10. The Morgan fingerprint density at radius 3 is 2.58 bits per heavy atom. The van der Waals surface area contributed by atoms with Crippen molar-refractivity contribution in [1.82, 2.24) is 20.2 Å². The maximum Gasteiger partial charge on any atom is 0.292 e. The predicted molar refractivity (Wildman–Crippen MR) is 45.7 cm³/mol. The molecule has 0 amide bonds. The van der Waals surface area contributed by atoms with Crippen molar-refractivity contribution in [2.45, 2.75) is 0 Å². The lowest BCUT2D eigenvalue weighted by Crippen LogP contribution is -2.10. The van der Waals surface area contributed by atoms with Crippen LogP contribution in [0.2, 0.25) is 0 Å². The fourth-order valence-electron chi connectivity index (χ4n) is 0.861. The number of aromatic nitrogens is 4. The van der Waals surface area contributed by atoms with Crippen molar-refractivity contribution in [3.63, 3.8) is 0 Å². The Bertz CT molecular complexity index is 480. The van der Waals surface area contributed by atoms with E-state index in [1.54, 1.807) is 0 Å². The molecule has 0 unspecified atom stereocenters. The summed E-state index contributed by atoms with van der Waals surface area (Å²) in [5.41, 5.74) is 0.432. The van der Waals surface area contributed by atoms with E-state index in [0.717, 1.165) is 0 Å². The molecule has 1 N–H and O–H groups in total. The van der Waals surface area contributed by atoms with Gasteiger partial charge in [0.25, 0.3) is 5.56 Å². The summed E-state index contributed by atoms with van der Waals surface area (Å²) >= 11 is 3.15. The van der Waals surface area contributed by atoms with Crippen LogP contribution in [0.1, 0.15) is 0 Å². The molecule has 0 aliphatic rings. The molecule has 5 nitrogen and oxygen atoms in total. The largest absolute Gasteiger partial charge is 0.292 e. The summed E-state index contributed by atoms with van der Waals surface area (Å²) in [7, 11) is 0. The van der Waals surface area contributed by atoms with Crippen molar-refractivity contribution >= 4 is 27.0 Å². The topological polar surface area (TPSA) is 71.5 Å². The molecule has 0 fully saturated rings. The lowest BCUT2D eigenvalue weighted by atomic mass is 10.4. The first-order valence-corrected chi connectivity index (χ1v) is 3.93. The normalized spacial score (nSPS) is 10.4. The van der Waals surface area contributed by atoms with Crippen LogP contribution in [0, 0.1) is 0 Å². The Balaban J connectivity index is 3.05. The first-order valence-electron chi connectivity index (χ1n) is 3.14. The van der Waals surface area contributed by atoms with Gasteiger partial charge >= 0.3 is 0 Å². The number of nitrogens with zero attached hydrogens (tertiary/aromatic N) is 3. The van der Waals surface area contributed by atoms with Gasteiger partial charge in [0, 0.05) is 12.4 Å². The first-order chi connectivity index (χ1) is 5.79. The van der Waals surface area contributed by atoms with Crippen LogP contribution in [-0.2, 0) is 0 Å². The second kappa shape index (κ2) is 2.63. The molecule has 0 bridgehead atoms. The average Bonchev–Trinajstić information content (AvgIpc) is 2.12. The Hall–Kier alpha value is -1.30. The Morgan fingerprint density at radius 1 is 1.25 bits per heavy atom. The third kappa shape index (κ3) is 1.00. The monoisotopic (exact) mass is 226 g/mol. The quantitative estimate of drug-likeness (QED) is 0.710. The molecule has 60 valence electrons. The van der Waals surface area contributed by atoms with Gasteiger partial charge in [0.15, 0.2) is 10.1 Å². The Morgan fingerprint density at radius 2 is 1.92 bits per heavy atom. The summed E-state index contributed by atoms with van der Waals surface area (Å²) in [4.78, 5) is 18.9. The van der Waals surface area contributed by atoms with E-state index in [0.29, 0.717) is 15.6 Å². The molecule has 0 aromatic carbocycles. The number of hydrogen-bond donors (Lipinski definition) is 1. The second-order valence-corrected chi connectivity index (χ2v) is 2.85. The van der Waals surface area contributed by atoms with Gasteiger partial charge in [0.1, 0.15) is 5.52 Å². The molecule has 6 heteroatoms. The molecule has 0 atom stereocenters. The van der Waals surface area contributed by atoms with E-state index in [4.69, 9.17) is 0 Å². The van der Waals surface area contributed by atoms with Crippen molar-refractivity contribution in [3.05, 3.63) is 27.4 Å². The standard InChI is InChI=1S/C6H3BrN4O/c7-5-3-4(6(12)11-10-5)9-2-1-8-3/h1-2H,(H,11,12). The van der Waals surface area contributed by atoms with Gasteiger partial charge in [-0.25, -0.2) is 15.1 Å². The van der Waals surface area contributed by atoms with Crippen LogP contribution in [0.5, 0.6) is 0 Å². The minimum Gasteiger partial charge on any atom is -0.265 e. The summed E-state index contributed by atoms with van der Waals surface area (Å²) in [6.07, 6.45) is 2.97. The van der Waals surface area contributed by atoms with Gasteiger partial charge in [-0.1, -0.05) is 0 Å². The van der Waals surface area contributed by atoms with Crippen LogP contribution in [0.3, 0.4) is 0 Å². The van der Waals surface area contributed by atoms with Gasteiger partial charge in [-0.3, -0.25) is 4.79 Å². The Kier molecular flexibility index (Phi) is 1.61. The maximum atomic E-state index is 11.1. The number of halogens is 1. The van der Waals surface area contributed by atoms with Crippen LogP contribution < -0.4 is 5.56 Å². The van der Waals surface area contributed by atoms with Crippen molar-refractivity contribution in [2.75, 3.05) is 0 Å². The summed E-state index contributed by atoms with van der Waals surface area (Å²) in [5.74, 6) is 0. The van der Waals surface area contributed by atoms with Crippen LogP contribution >= 0.6 is 15.9 Å². The Labute approximate surface area is 75.0 Å². The first kappa shape index (κ1) is 7.35. The molecule has 0 radical (unpaired) electrons. The number of rotatable bonds is 0. The lowest BCUT2D eigenvalue weighted by molar-refractivity contribution is 0.974. The highest BCUT2D eigenvalue weighted by atomic mass is 79.9. The zero-order valence-electron chi connectivity index (χ0n) is 5.78. The SMILES string of the molecule is O=c1[nH]nc(Br)c2nccnc12. The highest BCUT2D eigenvalue weighted by Crippen LogP contribution is 2.11. The van der Waals surface area contributed by atoms with Crippen LogP contribution in [-0.4, -0.2) is 20.2 Å². The molecular formula is C6H3BrN4O. The summed E-state index contributed by atoms with van der Waals surface area (Å²) in [6.45, 7) is 0. The van der Waals surface area contributed by atoms with Gasteiger partial charge in [-0.15, -0.1) is 0 Å². The van der Waals surface area contributed by atoms with Crippen molar-refractivity contribution in [3.8, 4) is 0 Å². The second-order valence-electron chi connectivity index (χ2n) is 2.10. The molecule has 0 saturated carbocycles. The number of H-pyrrole nitrogens is 1. The van der Waals surface area contributed by atoms with Gasteiger partial charge in [-0.2, -0.15) is 5.10 Å². The van der Waals surface area contributed by atoms with E-state index in [2.05, 4.69) is 36.1 Å². The number of nitrogens with one attached hydrogen (secondary N) is 1. The van der Waals surface area contributed by atoms with E-state index in [1.807, 2.05) is 0 Å². The number of hydrogen-bond acceptors (Lipinski definition) is 4. The molecule has 12 heavy (non-hydrogen) atoms. The van der Waals surface area contributed by atoms with E-state index < -0.39 is 0 Å². The number of fused-ring (bicyclic) bond motifs is 1. The predicted octanol–water partition coefficient (Wildman–Crippen LogP) is 0.476. The lowest BCUT2D eigenvalue weighted by Gasteiger charge is -1.94. The average molecular weight is 227 g/mol. The minimum absolute atomic E-state index is 0.291. The van der Waals surface area contributed by atoms with Crippen molar-refractivity contribution in [1.29, 1.82) is 0 Å². The third-order valence-corrected chi connectivity index (χ3v) is 1.92. The molecule has 0 aliphatic carbocycles. The molecular weight excluding hydrogens is 224 g/mol. The van der Waals surface area contributed by atoms with E-state index in [-0.39, 0.29) is 5.56 Å². The van der Waals surface area contributed by atoms with Crippen LogP contribution in [0.25, 0.3) is 11.0 Å². The van der Waals surface area contributed by atoms with Gasteiger partial charge < -0.3 is 0 Å². The van der Waals surface area contributed by atoms with E-state index in [1.165, 1.54) is 12.4 Å². The van der Waals surface area contributed by atoms with Crippen LogP contribution in [0.4, 0.5) is 0 Å². The molecule has 0 aliphatic heterocycles. The fraction of sp³-hybridized carbons (Fsp3) is 0. The van der Waals surface area contributed by atoms with E-state index >= 15 is 0 Å². The zero-order chi connectivity index (χ0) is 8.55. The molecule has 2 heterocycles. The summed E-state index contributed by atoms with van der Waals surface area (Å²) in [5, 5.41) is 5.97. The van der Waals surface area contributed by atoms with Crippen molar-refractivity contribution in [2.24, 2.45) is 0 Å². The molecule has 0 saturated heterocycles.